The lowest BCUT2D eigenvalue weighted by Gasteiger charge is -2.15. The highest BCUT2D eigenvalue weighted by Crippen LogP contribution is 2.39. The van der Waals surface area contributed by atoms with Crippen LogP contribution in [0.1, 0.15) is 37.1 Å². The number of rotatable bonds is 6. The molecule has 0 saturated heterocycles. The average Bonchev–Trinajstić information content (AvgIpc) is 3.15. The van der Waals surface area contributed by atoms with Gasteiger partial charge < -0.3 is 15.8 Å². The van der Waals surface area contributed by atoms with Crippen LogP contribution in [0.4, 0.5) is 11.6 Å². The van der Waals surface area contributed by atoms with Gasteiger partial charge in [-0.05, 0) is 25.7 Å². The highest BCUT2D eigenvalue weighted by atomic mass is 16.5. The number of hydrogen-bond acceptors (Lipinski definition) is 5. The molecule has 1 atom stereocenters. The van der Waals surface area contributed by atoms with Gasteiger partial charge >= 0.3 is 0 Å². The van der Waals surface area contributed by atoms with Gasteiger partial charge in [-0.25, -0.2) is 9.97 Å². The molecule has 0 amide bonds. The Kier molecular flexibility index (Phi) is 4.01. The van der Waals surface area contributed by atoms with Crippen LogP contribution < -0.4 is 11.1 Å². The Bertz CT molecular complexity index is 418. The smallest absolute Gasteiger partial charge is 0.136 e. The molecule has 1 aliphatic carbocycles. The van der Waals surface area contributed by atoms with Gasteiger partial charge in [-0.15, -0.1) is 0 Å². The molecule has 0 bridgehead atoms. The van der Waals surface area contributed by atoms with Crippen molar-refractivity contribution in [2.24, 2.45) is 5.92 Å². The average molecular weight is 250 g/mol. The van der Waals surface area contributed by atoms with E-state index in [-0.39, 0.29) is 0 Å². The van der Waals surface area contributed by atoms with Crippen LogP contribution >= 0.6 is 0 Å². The minimum atomic E-state index is 0.440. The lowest BCUT2D eigenvalue weighted by molar-refractivity contribution is 0.164. The van der Waals surface area contributed by atoms with Crippen LogP contribution in [0.2, 0.25) is 0 Å². The van der Waals surface area contributed by atoms with Gasteiger partial charge in [-0.2, -0.15) is 0 Å². The first-order valence-electron chi connectivity index (χ1n) is 6.48. The fourth-order valence-corrected chi connectivity index (χ4v) is 1.86. The van der Waals surface area contributed by atoms with Crippen LogP contribution in [0.3, 0.4) is 0 Å². The lowest BCUT2D eigenvalue weighted by atomic mass is 10.2. The van der Waals surface area contributed by atoms with E-state index in [0.29, 0.717) is 17.7 Å². The molecule has 1 aromatic rings. The van der Waals surface area contributed by atoms with E-state index in [0.717, 1.165) is 30.4 Å². The molecule has 1 aromatic heterocycles. The zero-order valence-corrected chi connectivity index (χ0v) is 11.4. The summed E-state index contributed by atoms with van der Waals surface area (Å²) in [4.78, 5) is 8.94. The third-order valence-corrected chi connectivity index (χ3v) is 3.21. The molecule has 1 aliphatic rings. The minimum absolute atomic E-state index is 0.440. The molecule has 0 spiro atoms. The zero-order chi connectivity index (χ0) is 13.1. The van der Waals surface area contributed by atoms with Crippen LogP contribution in [0, 0.1) is 12.8 Å². The summed E-state index contributed by atoms with van der Waals surface area (Å²) in [6.45, 7) is 5.66. The molecule has 1 heterocycles. The molecule has 2 rings (SSSR count). The van der Waals surface area contributed by atoms with E-state index < -0.39 is 0 Å². The molecule has 100 valence electrons. The van der Waals surface area contributed by atoms with Crippen LogP contribution in [0.15, 0.2) is 0 Å². The molecular weight excluding hydrogens is 228 g/mol. The summed E-state index contributed by atoms with van der Waals surface area (Å²) >= 11 is 0. The standard InChI is InChI=1S/C13H22N4O/c1-8(7-18-3)6-15-12-9(2)11(14)16-13(17-12)10-4-5-10/h8,10H,4-7H2,1-3H3,(H3,14,15,16,17). The summed E-state index contributed by atoms with van der Waals surface area (Å²) < 4.78 is 5.12. The van der Waals surface area contributed by atoms with Crippen molar-refractivity contribution in [1.29, 1.82) is 0 Å². The fraction of sp³-hybridized carbons (Fsp3) is 0.692. The van der Waals surface area contributed by atoms with E-state index in [1.165, 1.54) is 12.8 Å². The Hall–Kier alpha value is -1.36. The Labute approximate surface area is 108 Å². The Morgan fingerprint density at radius 3 is 2.78 bits per heavy atom. The molecule has 18 heavy (non-hydrogen) atoms. The van der Waals surface area contributed by atoms with Gasteiger partial charge in [0.15, 0.2) is 0 Å². The number of aromatic nitrogens is 2. The predicted molar refractivity (Wildman–Crippen MR) is 72.7 cm³/mol. The number of nitrogens with zero attached hydrogens (tertiary/aromatic N) is 2. The van der Waals surface area contributed by atoms with Crippen molar-refractivity contribution in [3.63, 3.8) is 0 Å². The second kappa shape index (κ2) is 5.52. The van der Waals surface area contributed by atoms with Crippen molar-refractivity contribution in [3.8, 4) is 0 Å². The molecule has 5 heteroatoms. The van der Waals surface area contributed by atoms with Crippen molar-refractivity contribution in [3.05, 3.63) is 11.4 Å². The SMILES string of the molecule is COCC(C)CNc1nc(C2CC2)nc(N)c1C. The predicted octanol–water partition coefficient (Wildman–Crippen LogP) is 1.94. The van der Waals surface area contributed by atoms with E-state index in [2.05, 4.69) is 22.2 Å². The van der Waals surface area contributed by atoms with E-state index in [9.17, 15) is 0 Å². The first-order chi connectivity index (χ1) is 8.61. The Morgan fingerprint density at radius 2 is 2.17 bits per heavy atom. The first-order valence-corrected chi connectivity index (χ1v) is 6.48. The summed E-state index contributed by atoms with van der Waals surface area (Å²) in [5.41, 5.74) is 6.87. The maximum atomic E-state index is 5.94. The van der Waals surface area contributed by atoms with Gasteiger partial charge in [0.05, 0.1) is 6.61 Å². The van der Waals surface area contributed by atoms with Crippen LogP contribution in [-0.4, -0.2) is 30.2 Å². The first kappa shape index (κ1) is 13.1. The number of nitrogen functional groups attached to an aromatic ring is 1. The van der Waals surface area contributed by atoms with Crippen LogP contribution in [-0.2, 0) is 4.74 Å². The molecule has 1 unspecified atom stereocenters. The second-order valence-corrected chi connectivity index (χ2v) is 5.16. The van der Waals surface area contributed by atoms with Crippen LogP contribution in [0.5, 0.6) is 0 Å². The quantitative estimate of drug-likeness (QED) is 0.807. The van der Waals surface area contributed by atoms with E-state index in [4.69, 9.17) is 10.5 Å². The summed E-state index contributed by atoms with van der Waals surface area (Å²) in [7, 11) is 1.72. The van der Waals surface area contributed by atoms with Crippen molar-refractivity contribution >= 4 is 11.6 Å². The molecule has 1 fully saturated rings. The largest absolute Gasteiger partial charge is 0.384 e. The number of nitrogens with two attached hydrogens (primary N) is 1. The lowest BCUT2D eigenvalue weighted by Crippen LogP contribution is -2.18. The number of ether oxygens (including phenoxy) is 1. The molecule has 0 radical (unpaired) electrons. The fourth-order valence-electron chi connectivity index (χ4n) is 1.86. The number of nitrogens with one attached hydrogen (secondary N) is 1. The van der Waals surface area contributed by atoms with Gasteiger partial charge in [0.1, 0.15) is 17.5 Å². The second-order valence-electron chi connectivity index (χ2n) is 5.16. The topological polar surface area (TPSA) is 73.1 Å². The zero-order valence-electron chi connectivity index (χ0n) is 11.4. The van der Waals surface area contributed by atoms with E-state index in [1.807, 2.05) is 6.92 Å². The molecule has 5 nitrogen and oxygen atoms in total. The highest BCUT2D eigenvalue weighted by Gasteiger charge is 2.27. The maximum absolute atomic E-state index is 5.94. The molecule has 0 aromatic carbocycles. The third-order valence-electron chi connectivity index (χ3n) is 3.21. The molecular formula is C13H22N4O. The van der Waals surface area contributed by atoms with E-state index >= 15 is 0 Å². The van der Waals surface area contributed by atoms with Gasteiger partial charge in [-0.3, -0.25) is 0 Å². The summed E-state index contributed by atoms with van der Waals surface area (Å²) in [5, 5.41) is 3.35. The van der Waals surface area contributed by atoms with Crippen molar-refractivity contribution in [2.45, 2.75) is 32.6 Å². The Balaban J connectivity index is 2.06. The van der Waals surface area contributed by atoms with Gasteiger partial charge in [-0.1, -0.05) is 6.92 Å². The Morgan fingerprint density at radius 1 is 1.44 bits per heavy atom. The number of hydrogen-bond donors (Lipinski definition) is 2. The van der Waals surface area contributed by atoms with Gasteiger partial charge in [0, 0.05) is 25.1 Å². The summed E-state index contributed by atoms with van der Waals surface area (Å²) in [6, 6.07) is 0. The number of methoxy groups -OCH3 is 1. The van der Waals surface area contributed by atoms with Gasteiger partial charge in [0.2, 0.25) is 0 Å². The van der Waals surface area contributed by atoms with Crippen molar-refractivity contribution < 1.29 is 4.74 Å². The minimum Gasteiger partial charge on any atom is -0.384 e. The molecule has 0 aliphatic heterocycles. The monoisotopic (exact) mass is 250 g/mol. The maximum Gasteiger partial charge on any atom is 0.136 e. The summed E-state index contributed by atoms with van der Waals surface area (Å²) in [6.07, 6.45) is 2.37. The normalized spacial score (nSPS) is 16.6. The molecule has 3 N–H and O–H groups in total. The molecule has 1 saturated carbocycles. The number of anilines is 2. The van der Waals surface area contributed by atoms with Crippen LogP contribution in [0.25, 0.3) is 0 Å². The van der Waals surface area contributed by atoms with Crippen molar-refractivity contribution in [2.75, 3.05) is 31.3 Å². The highest BCUT2D eigenvalue weighted by molar-refractivity contribution is 5.55. The van der Waals surface area contributed by atoms with E-state index in [1.54, 1.807) is 7.11 Å². The van der Waals surface area contributed by atoms with Crippen molar-refractivity contribution in [1.82, 2.24) is 9.97 Å². The summed E-state index contributed by atoms with van der Waals surface area (Å²) in [5.74, 6) is 3.31. The third kappa shape index (κ3) is 3.10. The van der Waals surface area contributed by atoms with Gasteiger partial charge in [0.25, 0.3) is 0 Å².